The molecular weight excluding hydrogens is 301 g/mol. The summed E-state index contributed by atoms with van der Waals surface area (Å²) in [6.07, 6.45) is -4.39. The standard InChI is InChI=1S/C14H13F3N2OS/c15-14(16,17)11-1-10(2-12(3-11)21-9-18)4-19-5-13(6-19)7-20-8-13/h1-3H,4-8H2. The number of halogens is 3. The lowest BCUT2D eigenvalue weighted by Gasteiger charge is -2.55. The lowest BCUT2D eigenvalue weighted by molar-refractivity contribution is -0.191. The van der Waals surface area contributed by atoms with Gasteiger partial charge in [-0.3, -0.25) is 4.90 Å². The average molecular weight is 314 g/mol. The summed E-state index contributed by atoms with van der Waals surface area (Å²) < 4.78 is 43.8. The summed E-state index contributed by atoms with van der Waals surface area (Å²) in [6, 6.07) is 3.85. The van der Waals surface area contributed by atoms with Crippen molar-refractivity contribution in [2.45, 2.75) is 17.6 Å². The SMILES string of the molecule is N#CSc1cc(CN2CC3(COC3)C2)cc(C(F)(F)F)c1. The van der Waals surface area contributed by atoms with Gasteiger partial charge < -0.3 is 4.74 Å². The molecule has 0 aromatic heterocycles. The number of benzene rings is 1. The van der Waals surface area contributed by atoms with Crippen LogP contribution in [-0.2, 0) is 17.5 Å². The Labute approximate surface area is 124 Å². The van der Waals surface area contributed by atoms with E-state index in [-0.39, 0.29) is 5.41 Å². The number of thiocyanates is 1. The first-order valence-electron chi connectivity index (χ1n) is 6.47. The van der Waals surface area contributed by atoms with Crippen LogP contribution in [0.3, 0.4) is 0 Å². The fourth-order valence-electron chi connectivity index (χ4n) is 2.87. The van der Waals surface area contributed by atoms with Gasteiger partial charge in [0.25, 0.3) is 0 Å². The molecule has 0 aliphatic carbocycles. The van der Waals surface area contributed by atoms with Gasteiger partial charge in [-0.25, -0.2) is 0 Å². The van der Waals surface area contributed by atoms with E-state index in [9.17, 15) is 13.2 Å². The molecule has 2 fully saturated rings. The molecule has 2 aliphatic heterocycles. The van der Waals surface area contributed by atoms with Gasteiger partial charge in [0.1, 0.15) is 5.40 Å². The van der Waals surface area contributed by atoms with E-state index >= 15 is 0 Å². The molecule has 3 rings (SSSR count). The van der Waals surface area contributed by atoms with Crippen LogP contribution in [0.1, 0.15) is 11.1 Å². The van der Waals surface area contributed by atoms with E-state index in [4.69, 9.17) is 10.00 Å². The smallest absolute Gasteiger partial charge is 0.380 e. The van der Waals surface area contributed by atoms with Gasteiger partial charge in [-0.1, -0.05) is 0 Å². The Bertz CT molecular complexity index is 585. The Balaban J connectivity index is 1.74. The first-order chi connectivity index (χ1) is 9.90. The molecule has 112 valence electrons. The van der Waals surface area contributed by atoms with Crippen LogP contribution >= 0.6 is 11.8 Å². The maximum absolute atomic E-state index is 12.9. The molecule has 1 aromatic carbocycles. The number of hydrogen-bond acceptors (Lipinski definition) is 4. The minimum atomic E-state index is -4.39. The van der Waals surface area contributed by atoms with Gasteiger partial charge in [0.2, 0.25) is 0 Å². The molecule has 2 aliphatic rings. The molecule has 0 unspecified atom stereocenters. The number of nitriles is 1. The maximum atomic E-state index is 12.9. The molecule has 1 spiro atoms. The largest absolute Gasteiger partial charge is 0.416 e. The molecule has 0 amide bonds. The first kappa shape index (κ1) is 14.7. The van der Waals surface area contributed by atoms with Crippen LogP contribution in [0.4, 0.5) is 13.2 Å². The van der Waals surface area contributed by atoms with Crippen molar-refractivity contribution in [1.29, 1.82) is 5.26 Å². The van der Waals surface area contributed by atoms with Crippen molar-refractivity contribution < 1.29 is 17.9 Å². The van der Waals surface area contributed by atoms with E-state index < -0.39 is 11.7 Å². The maximum Gasteiger partial charge on any atom is 0.416 e. The molecular formula is C14H13F3N2OS. The van der Waals surface area contributed by atoms with Crippen LogP contribution in [0.15, 0.2) is 23.1 Å². The van der Waals surface area contributed by atoms with Gasteiger partial charge in [0.15, 0.2) is 0 Å². The van der Waals surface area contributed by atoms with Crippen molar-refractivity contribution in [3.63, 3.8) is 0 Å². The van der Waals surface area contributed by atoms with Crippen molar-refractivity contribution >= 4 is 11.8 Å². The highest BCUT2D eigenvalue weighted by Gasteiger charge is 2.48. The van der Waals surface area contributed by atoms with Gasteiger partial charge in [-0.2, -0.15) is 18.4 Å². The van der Waals surface area contributed by atoms with Crippen LogP contribution in [0.2, 0.25) is 0 Å². The fourth-order valence-corrected chi connectivity index (χ4v) is 3.37. The molecule has 0 atom stereocenters. The van der Waals surface area contributed by atoms with Crippen molar-refractivity contribution in [2.24, 2.45) is 5.41 Å². The van der Waals surface area contributed by atoms with E-state index in [0.29, 0.717) is 17.0 Å². The Kier molecular flexibility index (Phi) is 3.64. The topological polar surface area (TPSA) is 36.3 Å². The summed E-state index contributed by atoms with van der Waals surface area (Å²) in [7, 11) is 0. The van der Waals surface area contributed by atoms with Crippen LogP contribution < -0.4 is 0 Å². The van der Waals surface area contributed by atoms with Gasteiger partial charge in [-0.15, -0.1) is 0 Å². The van der Waals surface area contributed by atoms with E-state index in [1.54, 1.807) is 6.07 Å². The number of thioether (sulfide) groups is 1. The highest BCUT2D eigenvalue weighted by molar-refractivity contribution is 8.03. The van der Waals surface area contributed by atoms with Gasteiger partial charge in [-0.05, 0) is 35.5 Å². The first-order valence-corrected chi connectivity index (χ1v) is 7.29. The monoisotopic (exact) mass is 314 g/mol. The molecule has 0 N–H and O–H groups in total. The normalized spacial score (nSPS) is 20.7. The summed E-state index contributed by atoms with van der Waals surface area (Å²) in [6.45, 7) is 3.71. The third-order valence-electron chi connectivity index (χ3n) is 3.80. The number of nitrogens with zero attached hydrogens (tertiary/aromatic N) is 2. The zero-order valence-electron chi connectivity index (χ0n) is 11.1. The van der Waals surface area contributed by atoms with Gasteiger partial charge in [0, 0.05) is 29.9 Å². The third kappa shape index (κ3) is 3.03. The van der Waals surface area contributed by atoms with Crippen molar-refractivity contribution in [3.8, 4) is 5.40 Å². The summed E-state index contributed by atoms with van der Waals surface area (Å²) >= 11 is 0.755. The quantitative estimate of drug-likeness (QED) is 0.634. The Morgan fingerprint density at radius 2 is 2.00 bits per heavy atom. The Hall–Kier alpha value is -1.23. The van der Waals surface area contributed by atoms with Crippen LogP contribution in [-0.4, -0.2) is 31.2 Å². The second-order valence-corrected chi connectivity index (χ2v) is 6.55. The lowest BCUT2D eigenvalue weighted by Crippen LogP contribution is -2.65. The summed E-state index contributed by atoms with van der Waals surface area (Å²) in [4.78, 5) is 2.45. The van der Waals surface area contributed by atoms with E-state index in [1.807, 2.05) is 5.40 Å². The summed E-state index contributed by atoms with van der Waals surface area (Å²) in [5.41, 5.74) is 0.143. The second kappa shape index (κ2) is 5.20. The average Bonchev–Trinajstić information content (AvgIpc) is 2.30. The highest BCUT2D eigenvalue weighted by atomic mass is 32.2. The van der Waals surface area contributed by atoms with Crippen molar-refractivity contribution in [3.05, 3.63) is 29.3 Å². The van der Waals surface area contributed by atoms with E-state index in [0.717, 1.165) is 44.1 Å². The highest BCUT2D eigenvalue weighted by Crippen LogP contribution is 2.39. The molecule has 2 saturated heterocycles. The molecule has 21 heavy (non-hydrogen) atoms. The van der Waals surface area contributed by atoms with E-state index in [1.165, 1.54) is 6.07 Å². The predicted octanol–water partition coefficient (Wildman–Crippen LogP) is 3.11. The third-order valence-corrected chi connectivity index (χ3v) is 4.36. The molecule has 2 heterocycles. The van der Waals surface area contributed by atoms with Crippen LogP contribution in [0, 0.1) is 16.1 Å². The van der Waals surface area contributed by atoms with Crippen molar-refractivity contribution in [2.75, 3.05) is 26.3 Å². The van der Waals surface area contributed by atoms with Gasteiger partial charge >= 0.3 is 6.18 Å². The van der Waals surface area contributed by atoms with Crippen LogP contribution in [0.5, 0.6) is 0 Å². The van der Waals surface area contributed by atoms with Crippen molar-refractivity contribution in [1.82, 2.24) is 4.90 Å². The number of ether oxygens (including phenoxy) is 1. The van der Waals surface area contributed by atoms with E-state index in [2.05, 4.69) is 4.90 Å². The van der Waals surface area contributed by atoms with Crippen LogP contribution in [0.25, 0.3) is 0 Å². The number of alkyl halides is 3. The molecule has 7 heteroatoms. The number of likely N-dealkylation sites (tertiary alicyclic amines) is 1. The molecule has 0 bridgehead atoms. The molecule has 0 saturated carbocycles. The zero-order valence-corrected chi connectivity index (χ0v) is 11.9. The lowest BCUT2D eigenvalue weighted by atomic mass is 9.78. The zero-order chi connectivity index (χ0) is 15.1. The predicted molar refractivity (Wildman–Crippen MR) is 71.4 cm³/mol. The molecule has 0 radical (unpaired) electrons. The number of hydrogen-bond donors (Lipinski definition) is 0. The summed E-state index contributed by atoms with van der Waals surface area (Å²) in [5, 5.41) is 10.5. The minimum Gasteiger partial charge on any atom is -0.380 e. The second-order valence-electron chi connectivity index (χ2n) is 5.69. The Morgan fingerprint density at radius 3 is 2.52 bits per heavy atom. The minimum absolute atomic E-state index is 0.242. The van der Waals surface area contributed by atoms with Gasteiger partial charge in [0.05, 0.1) is 18.8 Å². The molecule has 3 nitrogen and oxygen atoms in total. The number of rotatable bonds is 3. The Morgan fingerprint density at radius 1 is 1.29 bits per heavy atom. The molecule has 1 aromatic rings. The fraction of sp³-hybridized carbons (Fsp3) is 0.500. The summed E-state index contributed by atoms with van der Waals surface area (Å²) in [5.74, 6) is 0.